The molecule has 2 atom stereocenters. The summed E-state index contributed by atoms with van der Waals surface area (Å²) in [6, 6.07) is 15.2. The monoisotopic (exact) mass is 563 g/mol. The molecule has 3 aromatic carbocycles. The number of piperidine rings is 1. The number of aliphatic carboxylic acids is 1. The van der Waals surface area contributed by atoms with Crippen LogP contribution in [0.15, 0.2) is 60.7 Å². The van der Waals surface area contributed by atoms with Gasteiger partial charge in [-0.3, -0.25) is 9.69 Å². The van der Waals surface area contributed by atoms with Gasteiger partial charge in [0.05, 0.1) is 31.7 Å². The van der Waals surface area contributed by atoms with Crippen molar-refractivity contribution in [2.45, 2.75) is 31.7 Å². The van der Waals surface area contributed by atoms with Gasteiger partial charge in [-0.25, -0.2) is 0 Å². The van der Waals surface area contributed by atoms with Gasteiger partial charge in [0.15, 0.2) is 11.5 Å². The third kappa shape index (κ3) is 6.59. The Balaban J connectivity index is 1.82. The predicted octanol–water partition coefficient (Wildman–Crippen LogP) is 6.84. The first-order chi connectivity index (χ1) is 18.6. The van der Waals surface area contributed by atoms with Crippen molar-refractivity contribution < 1.29 is 37.3 Å². The van der Waals surface area contributed by atoms with Crippen LogP contribution in [0.4, 0.5) is 13.2 Å². The Hall–Kier alpha value is -3.43. The second-order valence-corrected chi connectivity index (χ2v) is 9.74. The van der Waals surface area contributed by atoms with Crippen LogP contribution in [0.2, 0.25) is 5.02 Å². The molecule has 4 rings (SSSR count). The highest BCUT2D eigenvalue weighted by Gasteiger charge is 2.36. The first-order valence-electron chi connectivity index (χ1n) is 12.4. The fourth-order valence-corrected chi connectivity index (χ4v) is 5.11. The Morgan fingerprint density at radius 3 is 2.33 bits per heavy atom. The largest absolute Gasteiger partial charge is 0.493 e. The number of methoxy groups -OCH3 is 2. The minimum atomic E-state index is -4.58. The van der Waals surface area contributed by atoms with Crippen molar-refractivity contribution in [1.29, 1.82) is 0 Å². The minimum absolute atomic E-state index is 0.132. The summed E-state index contributed by atoms with van der Waals surface area (Å²) >= 11 is 6.51. The summed E-state index contributed by atoms with van der Waals surface area (Å²) in [5.74, 6) is -0.639. The SMILES string of the molecule is COc1cc(C(c2cc(C(F)(F)F)ccc2Cl)N2CCCC(C(=O)O)C2)cc(OC)c1OCc1ccccc1. The second-order valence-electron chi connectivity index (χ2n) is 9.34. The predicted molar refractivity (Wildman–Crippen MR) is 141 cm³/mol. The van der Waals surface area contributed by atoms with Gasteiger partial charge in [0.2, 0.25) is 5.75 Å². The average Bonchev–Trinajstić information content (AvgIpc) is 2.93. The molecule has 3 aromatic rings. The van der Waals surface area contributed by atoms with Crippen LogP contribution >= 0.6 is 11.6 Å². The van der Waals surface area contributed by atoms with Crippen molar-refractivity contribution in [3.63, 3.8) is 0 Å². The summed E-state index contributed by atoms with van der Waals surface area (Å²) in [4.78, 5) is 13.7. The standard InChI is InChI=1S/C29H29ClF3NO5/c1-37-24-13-20(14-25(38-2)27(24)39-17-18-7-4-3-5-8-18)26(34-12-6-9-19(16-34)28(35)36)22-15-21(29(31,32)33)10-11-23(22)30/h3-5,7-8,10-11,13-15,19,26H,6,9,12,16-17H2,1-2H3,(H,35,36). The molecular weight excluding hydrogens is 535 g/mol. The molecule has 39 heavy (non-hydrogen) atoms. The van der Waals surface area contributed by atoms with Crippen LogP contribution in [0.1, 0.15) is 41.1 Å². The molecule has 0 aliphatic carbocycles. The van der Waals surface area contributed by atoms with E-state index in [4.69, 9.17) is 25.8 Å². The van der Waals surface area contributed by atoms with E-state index in [1.54, 1.807) is 12.1 Å². The fraction of sp³-hybridized carbons (Fsp3) is 0.345. The molecule has 2 unspecified atom stereocenters. The van der Waals surface area contributed by atoms with Crippen molar-refractivity contribution in [3.8, 4) is 17.2 Å². The number of hydrogen-bond donors (Lipinski definition) is 1. The van der Waals surface area contributed by atoms with Crippen LogP contribution in [-0.4, -0.2) is 43.3 Å². The third-order valence-electron chi connectivity index (χ3n) is 6.81. The van der Waals surface area contributed by atoms with Gasteiger partial charge in [-0.15, -0.1) is 0 Å². The zero-order valence-electron chi connectivity index (χ0n) is 21.5. The number of rotatable bonds is 9. The van der Waals surface area contributed by atoms with E-state index >= 15 is 0 Å². The van der Waals surface area contributed by atoms with Gasteiger partial charge >= 0.3 is 12.1 Å². The van der Waals surface area contributed by atoms with E-state index in [0.29, 0.717) is 42.2 Å². The van der Waals surface area contributed by atoms with Crippen molar-refractivity contribution in [1.82, 2.24) is 4.90 Å². The van der Waals surface area contributed by atoms with Gasteiger partial charge in [-0.05, 0) is 66.4 Å². The number of likely N-dealkylation sites (tertiary alicyclic amines) is 1. The molecule has 208 valence electrons. The lowest BCUT2D eigenvalue weighted by Crippen LogP contribution is -2.41. The van der Waals surface area contributed by atoms with Crippen molar-refractivity contribution in [2.75, 3.05) is 27.3 Å². The Labute approximate surface area is 229 Å². The number of alkyl halides is 3. The van der Waals surface area contributed by atoms with Crippen LogP contribution in [-0.2, 0) is 17.6 Å². The molecule has 0 aromatic heterocycles. The lowest BCUT2D eigenvalue weighted by Gasteiger charge is -2.38. The normalized spacial score (nSPS) is 16.9. The highest BCUT2D eigenvalue weighted by molar-refractivity contribution is 6.31. The van der Waals surface area contributed by atoms with E-state index in [-0.39, 0.29) is 23.7 Å². The zero-order valence-corrected chi connectivity index (χ0v) is 22.3. The van der Waals surface area contributed by atoms with E-state index in [1.807, 2.05) is 35.2 Å². The number of carboxylic acid groups (broad SMARTS) is 1. The molecule has 1 N–H and O–H groups in total. The summed E-state index contributed by atoms with van der Waals surface area (Å²) in [6.07, 6.45) is -3.54. The molecular formula is C29H29ClF3NO5. The molecule has 0 saturated carbocycles. The maximum absolute atomic E-state index is 13.7. The van der Waals surface area contributed by atoms with Crippen LogP contribution in [0.3, 0.4) is 0 Å². The quantitative estimate of drug-likeness (QED) is 0.307. The van der Waals surface area contributed by atoms with Crippen molar-refractivity contribution in [3.05, 3.63) is 87.9 Å². The van der Waals surface area contributed by atoms with Crippen molar-refractivity contribution in [2.24, 2.45) is 5.92 Å². The van der Waals surface area contributed by atoms with Crippen molar-refractivity contribution >= 4 is 17.6 Å². The first kappa shape index (κ1) is 28.6. The van der Waals surface area contributed by atoms with Gasteiger partial charge in [0, 0.05) is 11.6 Å². The van der Waals surface area contributed by atoms with Crippen LogP contribution < -0.4 is 14.2 Å². The van der Waals surface area contributed by atoms with Crippen LogP contribution in [0.5, 0.6) is 17.2 Å². The molecule has 0 bridgehead atoms. The van der Waals surface area contributed by atoms with Gasteiger partial charge in [-0.1, -0.05) is 41.9 Å². The Morgan fingerprint density at radius 2 is 1.74 bits per heavy atom. The Morgan fingerprint density at radius 1 is 1.08 bits per heavy atom. The maximum Gasteiger partial charge on any atom is 0.416 e. The summed E-state index contributed by atoms with van der Waals surface area (Å²) in [5.41, 5.74) is 0.815. The summed E-state index contributed by atoms with van der Waals surface area (Å²) < 4.78 is 58.4. The van der Waals surface area contributed by atoms with E-state index in [0.717, 1.165) is 17.7 Å². The average molecular weight is 564 g/mol. The molecule has 1 fully saturated rings. The van der Waals surface area contributed by atoms with E-state index in [2.05, 4.69) is 0 Å². The highest BCUT2D eigenvalue weighted by atomic mass is 35.5. The molecule has 1 saturated heterocycles. The minimum Gasteiger partial charge on any atom is -0.493 e. The number of carbonyl (C=O) groups is 1. The molecule has 0 radical (unpaired) electrons. The van der Waals surface area contributed by atoms with Gasteiger partial charge in [0.25, 0.3) is 0 Å². The molecule has 0 spiro atoms. The smallest absolute Gasteiger partial charge is 0.416 e. The van der Waals surface area contributed by atoms with E-state index < -0.39 is 29.7 Å². The van der Waals surface area contributed by atoms with Crippen LogP contribution in [0, 0.1) is 5.92 Å². The molecule has 1 heterocycles. The third-order valence-corrected chi connectivity index (χ3v) is 7.15. The molecule has 6 nitrogen and oxygen atoms in total. The summed E-state index contributed by atoms with van der Waals surface area (Å²) in [5, 5.41) is 9.81. The number of halogens is 4. The van der Waals surface area contributed by atoms with E-state index in [9.17, 15) is 23.1 Å². The number of benzene rings is 3. The number of hydrogen-bond acceptors (Lipinski definition) is 5. The lowest BCUT2D eigenvalue weighted by atomic mass is 9.90. The zero-order chi connectivity index (χ0) is 28.2. The molecule has 10 heteroatoms. The van der Waals surface area contributed by atoms with Gasteiger partial charge in [0.1, 0.15) is 6.61 Å². The second kappa shape index (κ2) is 12.2. The molecule has 1 aliphatic heterocycles. The number of ether oxygens (including phenoxy) is 3. The highest BCUT2D eigenvalue weighted by Crippen LogP contribution is 2.45. The number of nitrogens with zero attached hydrogens (tertiary/aromatic N) is 1. The first-order valence-corrected chi connectivity index (χ1v) is 12.8. The molecule has 0 amide bonds. The molecule has 1 aliphatic rings. The van der Waals surface area contributed by atoms with Crippen LogP contribution in [0.25, 0.3) is 0 Å². The Kier molecular flexibility index (Phi) is 8.92. The number of carboxylic acids is 1. The fourth-order valence-electron chi connectivity index (χ4n) is 4.89. The lowest BCUT2D eigenvalue weighted by molar-refractivity contribution is -0.143. The van der Waals surface area contributed by atoms with Gasteiger partial charge < -0.3 is 19.3 Å². The van der Waals surface area contributed by atoms with E-state index in [1.165, 1.54) is 20.3 Å². The summed E-state index contributed by atoms with van der Waals surface area (Å²) in [6.45, 7) is 0.851. The summed E-state index contributed by atoms with van der Waals surface area (Å²) in [7, 11) is 2.92. The topological polar surface area (TPSA) is 68.2 Å². The maximum atomic E-state index is 13.7. The Bertz CT molecular complexity index is 1280. The van der Waals surface area contributed by atoms with Gasteiger partial charge in [-0.2, -0.15) is 13.2 Å².